The summed E-state index contributed by atoms with van der Waals surface area (Å²) in [6.45, 7) is -0.996. The molecule has 0 heterocycles. The van der Waals surface area contributed by atoms with Crippen molar-refractivity contribution in [2.75, 3.05) is 13.2 Å². The number of hydrogen-bond acceptors (Lipinski definition) is 5. The minimum absolute atomic E-state index is 0.183. The van der Waals surface area contributed by atoms with Gasteiger partial charge in [0.25, 0.3) is 5.69 Å². The third kappa shape index (κ3) is 9.18. The Morgan fingerprint density at radius 2 is 1.02 bits per heavy atom. The van der Waals surface area contributed by atoms with E-state index in [0.29, 0.717) is 18.6 Å². The van der Waals surface area contributed by atoms with Crippen LogP contribution in [0.15, 0.2) is 12.1 Å². The highest BCUT2D eigenvalue weighted by atomic mass is 19.4. The minimum Gasteiger partial charge on any atom is -0.490 e. The zero-order valence-electron chi connectivity index (χ0n) is 24.4. The van der Waals surface area contributed by atoms with Crippen molar-refractivity contribution in [3.8, 4) is 11.5 Å². The van der Waals surface area contributed by atoms with Crippen LogP contribution in [0.25, 0.3) is 0 Å². The third-order valence-corrected chi connectivity index (χ3v) is 6.68. The predicted molar refractivity (Wildman–Crippen MR) is 129 cm³/mol. The Labute approximate surface area is 263 Å². The number of alkyl halides is 18. The quantitative estimate of drug-likeness (QED) is 0.0657. The van der Waals surface area contributed by atoms with Crippen molar-refractivity contribution in [1.29, 1.82) is 0 Å². The highest BCUT2D eigenvalue weighted by molar-refractivity contribution is 5.55. The maximum absolute atomic E-state index is 13.8. The molecule has 1 unspecified atom stereocenters. The lowest BCUT2D eigenvalue weighted by molar-refractivity contribution is -0.396. The summed E-state index contributed by atoms with van der Waals surface area (Å²) in [6, 6.07) is 0.933. The highest BCUT2D eigenvalue weighted by Crippen LogP contribution is 2.55. The summed E-state index contributed by atoms with van der Waals surface area (Å²) in [5.74, 6) is -42.3. The highest BCUT2D eigenvalue weighted by Gasteiger charge is 2.82. The largest absolute Gasteiger partial charge is 0.490 e. The number of benzene rings is 1. The van der Waals surface area contributed by atoms with E-state index in [1.165, 1.54) is 0 Å². The summed E-state index contributed by atoms with van der Waals surface area (Å²) in [6.07, 6.45) is -23.2. The summed E-state index contributed by atoms with van der Waals surface area (Å²) in [5.41, 5.74) is -1.63. The van der Waals surface area contributed by atoms with Gasteiger partial charge in [0.2, 0.25) is 0 Å². The average molecular weight is 761 g/mol. The summed E-state index contributed by atoms with van der Waals surface area (Å²) in [5, 5.41) is 22.0. The normalized spacial score (nSPS) is 14.9. The van der Waals surface area contributed by atoms with Crippen LogP contribution in [-0.2, 0) is 0 Å². The molecule has 0 aliphatic heterocycles. The van der Waals surface area contributed by atoms with Gasteiger partial charge in [0.05, 0.1) is 35.9 Å². The van der Waals surface area contributed by atoms with E-state index in [1.807, 2.05) is 0 Å². The summed E-state index contributed by atoms with van der Waals surface area (Å²) < 4.78 is 245. The van der Waals surface area contributed by atoms with E-state index in [2.05, 4.69) is 0 Å². The number of nitro benzene ring substituents is 1. The number of aliphatic hydroxyl groups is 1. The second kappa shape index (κ2) is 15.0. The van der Waals surface area contributed by atoms with Crippen molar-refractivity contribution in [2.24, 2.45) is 0 Å². The summed E-state index contributed by atoms with van der Waals surface area (Å²) in [4.78, 5) is 10.4. The smallest absolute Gasteiger partial charge is 0.460 e. The molecule has 0 saturated heterocycles. The first-order valence-electron chi connectivity index (χ1n) is 13.5. The third-order valence-electron chi connectivity index (χ3n) is 6.68. The lowest BCUT2D eigenvalue weighted by Crippen LogP contribution is -2.60. The topological polar surface area (TPSA) is 81.8 Å². The molecular formula is C25H25F18NO5. The molecule has 286 valence electrons. The van der Waals surface area contributed by atoms with E-state index in [4.69, 9.17) is 9.47 Å². The van der Waals surface area contributed by atoms with Crippen LogP contribution in [0.3, 0.4) is 0 Å². The number of halogens is 18. The number of ether oxygens (including phenoxy) is 2. The first-order valence-corrected chi connectivity index (χ1v) is 13.5. The van der Waals surface area contributed by atoms with Crippen LogP contribution in [0.4, 0.5) is 84.7 Å². The molecule has 1 rings (SSSR count). The average Bonchev–Trinajstić information content (AvgIpc) is 2.94. The number of rotatable bonds is 19. The number of aliphatic hydroxyl groups excluding tert-OH is 1. The van der Waals surface area contributed by atoms with Crippen LogP contribution >= 0.6 is 0 Å². The van der Waals surface area contributed by atoms with Gasteiger partial charge in [0, 0.05) is 12.8 Å². The molecule has 1 aromatic rings. The minimum atomic E-state index is -7.20. The molecule has 0 aliphatic rings. The fourth-order valence-electron chi connectivity index (χ4n) is 3.85. The SMILES string of the molecule is CCCCC(O)c1cc(OCCCC(F)(F)C(F)(F)C(F)(F)C(F)(F)F)c(OCCCC(F)(F)C(F)(F)C(F)(F)C(F)(F)F)cc1[N+](=O)[O-]. The van der Waals surface area contributed by atoms with Crippen molar-refractivity contribution in [3.63, 3.8) is 0 Å². The summed E-state index contributed by atoms with van der Waals surface area (Å²) >= 11 is 0. The molecule has 0 aliphatic carbocycles. The van der Waals surface area contributed by atoms with Crippen LogP contribution in [0.1, 0.15) is 63.5 Å². The van der Waals surface area contributed by atoms with E-state index in [-0.39, 0.29) is 12.8 Å². The molecule has 0 aromatic heterocycles. The molecule has 0 amide bonds. The Kier molecular flexibility index (Phi) is 13.5. The Morgan fingerprint density at radius 3 is 1.35 bits per heavy atom. The van der Waals surface area contributed by atoms with Gasteiger partial charge in [-0.15, -0.1) is 0 Å². The molecule has 0 spiro atoms. The molecule has 1 aromatic carbocycles. The molecule has 1 N–H and O–H groups in total. The van der Waals surface area contributed by atoms with Crippen molar-refractivity contribution < 1.29 is 98.5 Å². The number of nitrogens with zero attached hydrogens (tertiary/aromatic N) is 1. The van der Waals surface area contributed by atoms with E-state index in [9.17, 15) is 94.2 Å². The van der Waals surface area contributed by atoms with Crippen molar-refractivity contribution in [2.45, 2.75) is 106 Å². The molecule has 24 heteroatoms. The Bertz CT molecular complexity index is 1270. The van der Waals surface area contributed by atoms with Gasteiger partial charge in [0.1, 0.15) is 0 Å². The molecule has 0 bridgehead atoms. The van der Waals surface area contributed by atoms with Crippen molar-refractivity contribution >= 4 is 5.69 Å². The summed E-state index contributed by atoms with van der Waals surface area (Å²) in [7, 11) is 0. The Morgan fingerprint density at radius 1 is 0.653 bits per heavy atom. The van der Waals surface area contributed by atoms with Gasteiger partial charge in [-0.2, -0.15) is 79.0 Å². The maximum Gasteiger partial charge on any atom is 0.460 e. The van der Waals surface area contributed by atoms with Crippen LogP contribution in [-0.4, -0.2) is 71.1 Å². The number of nitro groups is 1. The molecule has 0 radical (unpaired) electrons. The van der Waals surface area contributed by atoms with Crippen molar-refractivity contribution in [3.05, 3.63) is 27.8 Å². The molecular weight excluding hydrogens is 736 g/mol. The van der Waals surface area contributed by atoms with E-state index in [1.54, 1.807) is 6.92 Å². The van der Waals surface area contributed by atoms with Crippen molar-refractivity contribution in [1.82, 2.24) is 0 Å². The van der Waals surface area contributed by atoms with Gasteiger partial charge in [-0.3, -0.25) is 10.1 Å². The lowest BCUT2D eigenvalue weighted by atomic mass is 9.99. The number of hydrogen-bond donors (Lipinski definition) is 1. The Balaban J connectivity index is 3.31. The number of unbranched alkanes of at least 4 members (excludes halogenated alkanes) is 1. The van der Waals surface area contributed by atoms with Crippen LogP contribution in [0, 0.1) is 10.1 Å². The predicted octanol–water partition coefficient (Wildman–Crippen LogP) is 10.1. The molecule has 6 nitrogen and oxygen atoms in total. The fraction of sp³-hybridized carbons (Fsp3) is 0.760. The second-order valence-corrected chi connectivity index (χ2v) is 10.4. The molecule has 1 atom stereocenters. The van der Waals surface area contributed by atoms with Gasteiger partial charge in [-0.1, -0.05) is 19.8 Å². The van der Waals surface area contributed by atoms with Crippen LogP contribution in [0.5, 0.6) is 11.5 Å². The van der Waals surface area contributed by atoms with Crippen LogP contribution < -0.4 is 9.47 Å². The zero-order chi connectivity index (χ0) is 38.7. The molecule has 0 fully saturated rings. The molecule has 0 saturated carbocycles. The van der Waals surface area contributed by atoms with E-state index in [0.717, 1.165) is 0 Å². The van der Waals surface area contributed by atoms with Gasteiger partial charge < -0.3 is 14.6 Å². The molecule has 49 heavy (non-hydrogen) atoms. The zero-order valence-corrected chi connectivity index (χ0v) is 24.4. The Hall–Kier alpha value is -3.08. The van der Waals surface area contributed by atoms with Gasteiger partial charge in [-0.25, -0.2) is 0 Å². The van der Waals surface area contributed by atoms with E-state index < -0.39 is 121 Å². The maximum atomic E-state index is 13.8. The van der Waals surface area contributed by atoms with Gasteiger partial charge >= 0.3 is 47.9 Å². The fourth-order valence-corrected chi connectivity index (χ4v) is 3.85. The first-order chi connectivity index (χ1) is 21.8. The van der Waals surface area contributed by atoms with Gasteiger partial charge in [0.15, 0.2) is 11.5 Å². The van der Waals surface area contributed by atoms with E-state index >= 15 is 0 Å². The first kappa shape index (κ1) is 43.9. The lowest BCUT2D eigenvalue weighted by Gasteiger charge is -2.33. The standard InChI is InChI=1S/C25H25F18NO5/c1-2-3-6-15(45)13-11-16(48-9-4-7-18(26,27)20(30,31)22(34,35)24(38,39)40)17(12-14(13)44(46)47)49-10-5-8-19(28,29)21(32,33)23(36,37)25(41,42)43/h11-12,15,45H,2-10H2,1H3. The van der Waals surface area contributed by atoms with Crippen LogP contribution in [0.2, 0.25) is 0 Å². The second-order valence-electron chi connectivity index (χ2n) is 10.4. The monoisotopic (exact) mass is 761 g/mol. The van der Waals surface area contributed by atoms with Gasteiger partial charge in [-0.05, 0) is 25.3 Å².